The first kappa shape index (κ1) is 35.4. The monoisotopic (exact) mass is 806 g/mol. The van der Waals surface area contributed by atoms with Gasteiger partial charge in [0, 0.05) is 55.7 Å². The van der Waals surface area contributed by atoms with Crippen LogP contribution >= 0.6 is 0 Å². The molecule has 4 heteroatoms. The lowest BCUT2D eigenvalue weighted by Gasteiger charge is -2.28. The summed E-state index contributed by atoms with van der Waals surface area (Å²) >= 11 is 0. The lowest BCUT2D eigenvalue weighted by molar-refractivity contribution is 0.668. The molecule has 0 bridgehead atoms. The van der Waals surface area contributed by atoms with E-state index in [1.165, 1.54) is 38.6 Å². The van der Waals surface area contributed by atoms with Gasteiger partial charge in [-0.25, -0.2) is 0 Å². The second-order valence-corrected chi connectivity index (χ2v) is 16.4. The van der Waals surface area contributed by atoms with Crippen LogP contribution in [0.5, 0.6) is 0 Å². The first-order valence-electron chi connectivity index (χ1n) is 21.5. The molecule has 0 amide bonds. The Morgan fingerprint density at radius 2 is 0.905 bits per heavy atom. The Morgan fingerprint density at radius 1 is 0.317 bits per heavy atom. The average Bonchev–Trinajstić information content (AvgIpc) is 4.04. The summed E-state index contributed by atoms with van der Waals surface area (Å²) in [4.78, 5) is 4.76. The van der Waals surface area contributed by atoms with E-state index in [-0.39, 0.29) is 0 Å². The minimum atomic E-state index is 0.824. The Morgan fingerprint density at radius 3 is 1.73 bits per heavy atom. The Bertz CT molecular complexity index is 3730. The molecule has 0 spiro atoms. The van der Waals surface area contributed by atoms with Gasteiger partial charge in [-0.1, -0.05) is 140 Å². The van der Waals surface area contributed by atoms with E-state index in [1.807, 2.05) is 18.2 Å². The van der Waals surface area contributed by atoms with Crippen LogP contribution < -0.4 is 9.80 Å². The van der Waals surface area contributed by atoms with Gasteiger partial charge in [-0.3, -0.25) is 0 Å². The highest BCUT2D eigenvalue weighted by atomic mass is 16.3. The molecule has 0 saturated carbocycles. The second-order valence-electron chi connectivity index (χ2n) is 16.4. The number of furan rings is 2. The fraction of sp³-hybridized carbons (Fsp3) is 0.0169. The van der Waals surface area contributed by atoms with Crippen LogP contribution in [-0.2, 0) is 6.42 Å². The number of para-hydroxylation sites is 4. The van der Waals surface area contributed by atoms with Gasteiger partial charge < -0.3 is 18.6 Å². The molecule has 0 N–H and O–H groups in total. The molecule has 63 heavy (non-hydrogen) atoms. The zero-order valence-electron chi connectivity index (χ0n) is 34.2. The highest BCUT2D eigenvalue weighted by Crippen LogP contribution is 2.51. The second kappa shape index (κ2) is 14.1. The van der Waals surface area contributed by atoms with Crippen LogP contribution in [0.15, 0.2) is 227 Å². The molecule has 0 atom stereocenters. The van der Waals surface area contributed by atoms with Gasteiger partial charge >= 0.3 is 0 Å². The van der Waals surface area contributed by atoms with Crippen LogP contribution in [0.4, 0.5) is 34.1 Å². The minimum absolute atomic E-state index is 0.824. The van der Waals surface area contributed by atoms with E-state index in [0.717, 1.165) is 90.0 Å². The molecule has 0 fully saturated rings. The van der Waals surface area contributed by atoms with E-state index in [4.69, 9.17) is 8.83 Å². The van der Waals surface area contributed by atoms with E-state index in [9.17, 15) is 0 Å². The van der Waals surface area contributed by atoms with Gasteiger partial charge in [0.25, 0.3) is 0 Å². The molecule has 10 aromatic carbocycles. The van der Waals surface area contributed by atoms with Crippen molar-refractivity contribution in [3.63, 3.8) is 0 Å². The number of benzene rings is 10. The topological polar surface area (TPSA) is 32.8 Å². The highest BCUT2D eigenvalue weighted by Gasteiger charge is 2.28. The maximum absolute atomic E-state index is 6.70. The summed E-state index contributed by atoms with van der Waals surface area (Å²) in [6, 6.07) is 78.1. The van der Waals surface area contributed by atoms with E-state index in [2.05, 4.69) is 210 Å². The predicted octanol–water partition coefficient (Wildman–Crippen LogP) is 16.8. The Labute approximate surface area is 364 Å². The Kier molecular flexibility index (Phi) is 7.94. The van der Waals surface area contributed by atoms with Crippen LogP contribution in [0.1, 0.15) is 11.1 Å². The first-order chi connectivity index (χ1) is 31.2. The number of fused-ring (bicyclic) bond motifs is 11. The lowest BCUT2D eigenvalue weighted by atomic mass is 9.96. The van der Waals surface area contributed by atoms with Crippen molar-refractivity contribution < 1.29 is 8.83 Å². The number of anilines is 6. The molecule has 4 nitrogen and oxygen atoms in total. The van der Waals surface area contributed by atoms with Crippen molar-refractivity contribution >= 4 is 88.8 Å². The van der Waals surface area contributed by atoms with Crippen molar-refractivity contribution in [2.24, 2.45) is 0 Å². The summed E-state index contributed by atoms with van der Waals surface area (Å²) in [7, 11) is 0. The normalized spacial score (nSPS) is 12.1. The van der Waals surface area contributed by atoms with Gasteiger partial charge in [-0.05, 0) is 118 Å². The molecule has 0 radical (unpaired) electrons. The van der Waals surface area contributed by atoms with E-state index in [1.54, 1.807) is 0 Å². The fourth-order valence-corrected chi connectivity index (χ4v) is 10.0. The maximum Gasteiger partial charge on any atom is 0.159 e. The standard InChI is InChI=1S/C59H38N2O2/c1-3-15-38(16-4-1)39-17-13-20-42(33-39)60(44-30-32-50-48-23-9-11-27-56(48)62-58(50)36-44)43-29-31-45-40(34-43)35-52-46-21-7-8-22-47(46)55(37-53(45)52)61(41-18-5-2-6-19-41)54-26-14-25-51-49-24-10-12-28-57(49)63-59(51)54/h1-34,36-37H,35H2. The molecule has 2 aromatic heterocycles. The minimum Gasteiger partial charge on any atom is -0.456 e. The van der Waals surface area contributed by atoms with Crippen molar-refractivity contribution in [1.82, 2.24) is 0 Å². The molecule has 12 aromatic rings. The molecule has 296 valence electrons. The van der Waals surface area contributed by atoms with E-state index in [0.29, 0.717) is 0 Å². The molecular weight excluding hydrogens is 769 g/mol. The molecular formula is C59H38N2O2. The molecule has 1 aliphatic rings. The average molecular weight is 807 g/mol. The quantitative estimate of drug-likeness (QED) is 0.161. The Hall–Kier alpha value is -8.34. The van der Waals surface area contributed by atoms with Crippen LogP contribution in [-0.4, -0.2) is 0 Å². The lowest BCUT2D eigenvalue weighted by Crippen LogP contribution is -2.11. The number of hydrogen-bond donors (Lipinski definition) is 0. The number of rotatable bonds is 7. The third-order valence-electron chi connectivity index (χ3n) is 12.9. The van der Waals surface area contributed by atoms with Crippen molar-refractivity contribution in [2.45, 2.75) is 6.42 Å². The first-order valence-corrected chi connectivity index (χ1v) is 21.5. The summed E-state index contributed by atoms with van der Waals surface area (Å²) in [6.07, 6.45) is 0.824. The van der Waals surface area contributed by atoms with Crippen LogP contribution in [0, 0.1) is 0 Å². The molecule has 0 unspecified atom stereocenters. The van der Waals surface area contributed by atoms with Crippen LogP contribution in [0.25, 0.3) is 76.9 Å². The SMILES string of the molecule is c1ccc(-c2cccc(N(c3ccc4c(c3)Cc3c-4cc(N(c4ccccc4)c4cccc5c4oc4ccccc45)c4ccccc34)c3ccc4c(c3)oc3ccccc34)c2)cc1. The van der Waals surface area contributed by atoms with Gasteiger partial charge in [0.05, 0.1) is 11.4 Å². The highest BCUT2D eigenvalue weighted by molar-refractivity contribution is 6.13. The van der Waals surface area contributed by atoms with E-state index >= 15 is 0 Å². The largest absolute Gasteiger partial charge is 0.456 e. The van der Waals surface area contributed by atoms with Gasteiger partial charge in [-0.15, -0.1) is 0 Å². The van der Waals surface area contributed by atoms with Crippen molar-refractivity contribution in [2.75, 3.05) is 9.80 Å². The molecule has 0 aliphatic heterocycles. The van der Waals surface area contributed by atoms with Crippen molar-refractivity contribution in [3.05, 3.63) is 230 Å². The summed E-state index contributed by atoms with van der Waals surface area (Å²) in [5.74, 6) is 0. The van der Waals surface area contributed by atoms with Crippen LogP contribution in [0.3, 0.4) is 0 Å². The summed E-state index contributed by atoms with van der Waals surface area (Å²) in [5.41, 5.74) is 17.4. The molecule has 0 saturated heterocycles. The Balaban J connectivity index is 0.988. The number of hydrogen-bond acceptors (Lipinski definition) is 4. The third-order valence-corrected chi connectivity index (χ3v) is 12.9. The zero-order valence-corrected chi connectivity index (χ0v) is 34.2. The zero-order chi connectivity index (χ0) is 41.4. The molecule has 1 aliphatic carbocycles. The van der Waals surface area contributed by atoms with Crippen molar-refractivity contribution in [3.8, 4) is 22.3 Å². The van der Waals surface area contributed by atoms with E-state index < -0.39 is 0 Å². The van der Waals surface area contributed by atoms with Gasteiger partial charge in [0.2, 0.25) is 0 Å². The molecule has 13 rings (SSSR count). The molecule has 2 heterocycles. The van der Waals surface area contributed by atoms with Gasteiger partial charge in [-0.2, -0.15) is 0 Å². The summed E-state index contributed by atoms with van der Waals surface area (Å²) < 4.78 is 13.2. The predicted molar refractivity (Wildman–Crippen MR) is 262 cm³/mol. The smallest absolute Gasteiger partial charge is 0.159 e. The third kappa shape index (κ3) is 5.69. The maximum atomic E-state index is 6.70. The van der Waals surface area contributed by atoms with Gasteiger partial charge in [0.1, 0.15) is 16.7 Å². The summed E-state index contributed by atoms with van der Waals surface area (Å²) in [6.45, 7) is 0. The number of nitrogens with zero attached hydrogens (tertiary/aromatic N) is 2. The fourth-order valence-electron chi connectivity index (χ4n) is 10.0. The van der Waals surface area contributed by atoms with Gasteiger partial charge in [0.15, 0.2) is 5.58 Å². The van der Waals surface area contributed by atoms with Crippen LogP contribution in [0.2, 0.25) is 0 Å². The summed E-state index contributed by atoms with van der Waals surface area (Å²) in [5, 5.41) is 6.90. The van der Waals surface area contributed by atoms with Crippen molar-refractivity contribution in [1.29, 1.82) is 0 Å².